The highest BCUT2D eigenvalue weighted by Gasteiger charge is 2.25. The van der Waals surface area contributed by atoms with E-state index in [9.17, 15) is 9.59 Å². The average molecular weight is 265 g/mol. The Morgan fingerprint density at radius 3 is 2.78 bits per heavy atom. The summed E-state index contributed by atoms with van der Waals surface area (Å²) in [7, 11) is 0. The molecule has 2 rings (SSSR count). The standard InChI is InChI=1S/C13H13ClN2O2/c14-12(18)10-9(6-7-16-13(10)15)11(17)8-4-2-1-3-5-8/h1-2,6-8H,3-5H2,(H2,15,16). The number of nitrogen functional groups attached to an aromatic ring is 1. The van der Waals surface area contributed by atoms with Crippen LogP contribution in [0, 0.1) is 5.92 Å². The molecule has 0 spiro atoms. The van der Waals surface area contributed by atoms with Gasteiger partial charge in [-0.15, -0.1) is 0 Å². The number of rotatable bonds is 3. The topological polar surface area (TPSA) is 73.0 Å². The Labute approximate surface area is 110 Å². The van der Waals surface area contributed by atoms with E-state index in [2.05, 4.69) is 11.1 Å². The van der Waals surface area contributed by atoms with E-state index < -0.39 is 5.24 Å². The van der Waals surface area contributed by atoms with E-state index in [1.807, 2.05) is 6.08 Å². The van der Waals surface area contributed by atoms with Gasteiger partial charge in [0.15, 0.2) is 5.78 Å². The molecule has 2 N–H and O–H groups in total. The van der Waals surface area contributed by atoms with Crippen molar-refractivity contribution < 1.29 is 9.59 Å². The van der Waals surface area contributed by atoms with Crippen LogP contribution in [-0.4, -0.2) is 16.0 Å². The fraction of sp³-hybridized carbons (Fsp3) is 0.308. The normalized spacial score (nSPS) is 18.6. The van der Waals surface area contributed by atoms with Crippen molar-refractivity contribution in [3.63, 3.8) is 0 Å². The molecule has 4 nitrogen and oxygen atoms in total. The van der Waals surface area contributed by atoms with Gasteiger partial charge in [0, 0.05) is 17.7 Å². The van der Waals surface area contributed by atoms with Crippen LogP contribution in [-0.2, 0) is 0 Å². The van der Waals surface area contributed by atoms with E-state index in [4.69, 9.17) is 17.3 Å². The van der Waals surface area contributed by atoms with Crippen LogP contribution in [0.15, 0.2) is 24.4 Å². The highest BCUT2D eigenvalue weighted by atomic mass is 35.5. The molecule has 0 saturated carbocycles. The van der Waals surface area contributed by atoms with Crippen LogP contribution in [0.1, 0.15) is 40.0 Å². The molecule has 1 aliphatic carbocycles. The highest BCUT2D eigenvalue weighted by Crippen LogP contribution is 2.26. The second-order valence-electron chi connectivity index (χ2n) is 4.24. The molecule has 1 aromatic heterocycles. The fourth-order valence-electron chi connectivity index (χ4n) is 2.14. The van der Waals surface area contributed by atoms with E-state index >= 15 is 0 Å². The molecule has 0 bridgehead atoms. The SMILES string of the molecule is Nc1nccc(C(=O)C2CC=CCC2)c1C(=O)Cl. The molecule has 0 fully saturated rings. The minimum atomic E-state index is -0.740. The van der Waals surface area contributed by atoms with Crippen molar-refractivity contribution in [2.45, 2.75) is 19.3 Å². The lowest BCUT2D eigenvalue weighted by Gasteiger charge is -2.17. The van der Waals surface area contributed by atoms with Crippen LogP contribution >= 0.6 is 11.6 Å². The van der Waals surface area contributed by atoms with Crippen LogP contribution in [0.3, 0.4) is 0 Å². The lowest BCUT2D eigenvalue weighted by molar-refractivity contribution is 0.0906. The molecule has 0 amide bonds. The Morgan fingerprint density at radius 2 is 2.17 bits per heavy atom. The number of ketones is 1. The van der Waals surface area contributed by atoms with Gasteiger partial charge in [-0.25, -0.2) is 4.98 Å². The first-order valence-electron chi connectivity index (χ1n) is 5.74. The predicted molar refractivity (Wildman–Crippen MR) is 69.6 cm³/mol. The zero-order chi connectivity index (χ0) is 13.1. The maximum atomic E-state index is 12.3. The molecule has 0 aromatic carbocycles. The quantitative estimate of drug-likeness (QED) is 0.517. The van der Waals surface area contributed by atoms with Crippen LogP contribution < -0.4 is 5.73 Å². The van der Waals surface area contributed by atoms with Gasteiger partial charge in [0.1, 0.15) is 5.82 Å². The summed E-state index contributed by atoms with van der Waals surface area (Å²) in [6, 6.07) is 1.51. The minimum Gasteiger partial charge on any atom is -0.383 e. The molecular weight excluding hydrogens is 252 g/mol. The van der Waals surface area contributed by atoms with E-state index in [1.165, 1.54) is 12.3 Å². The van der Waals surface area contributed by atoms with E-state index in [1.54, 1.807) is 0 Å². The maximum absolute atomic E-state index is 12.3. The summed E-state index contributed by atoms with van der Waals surface area (Å²) < 4.78 is 0. The Kier molecular flexibility index (Phi) is 3.77. The molecule has 0 aliphatic heterocycles. The Balaban J connectivity index is 2.38. The van der Waals surface area contributed by atoms with Gasteiger partial charge in [-0.2, -0.15) is 0 Å². The van der Waals surface area contributed by atoms with Crippen molar-refractivity contribution in [1.29, 1.82) is 0 Å². The van der Waals surface area contributed by atoms with Gasteiger partial charge in [0.2, 0.25) is 0 Å². The first-order chi connectivity index (χ1) is 8.61. The Hall–Kier alpha value is -1.68. The van der Waals surface area contributed by atoms with Crippen molar-refractivity contribution in [3.8, 4) is 0 Å². The second kappa shape index (κ2) is 5.31. The number of pyridine rings is 1. The largest absolute Gasteiger partial charge is 0.383 e. The number of Topliss-reactive ketones (excluding diaryl/α,β-unsaturated/α-hetero) is 1. The zero-order valence-electron chi connectivity index (χ0n) is 9.73. The number of carbonyl (C=O) groups excluding carboxylic acids is 2. The van der Waals surface area contributed by atoms with Crippen LogP contribution in [0.5, 0.6) is 0 Å². The van der Waals surface area contributed by atoms with Crippen molar-refractivity contribution in [2.75, 3.05) is 5.73 Å². The molecule has 1 heterocycles. The van der Waals surface area contributed by atoms with E-state index in [-0.39, 0.29) is 28.6 Å². The number of allylic oxidation sites excluding steroid dienone is 2. The fourth-order valence-corrected chi connectivity index (χ4v) is 2.34. The smallest absolute Gasteiger partial charge is 0.256 e. The Morgan fingerprint density at radius 1 is 1.39 bits per heavy atom. The third kappa shape index (κ3) is 2.43. The molecule has 1 aliphatic rings. The van der Waals surface area contributed by atoms with Crippen LogP contribution in [0.4, 0.5) is 5.82 Å². The zero-order valence-corrected chi connectivity index (χ0v) is 10.5. The van der Waals surface area contributed by atoms with Crippen molar-refractivity contribution in [2.24, 2.45) is 5.92 Å². The predicted octanol–water partition coefficient (Wildman–Crippen LogP) is 2.58. The first-order valence-corrected chi connectivity index (χ1v) is 6.12. The number of anilines is 1. The molecule has 5 heteroatoms. The number of halogens is 1. The molecule has 0 saturated heterocycles. The summed E-state index contributed by atoms with van der Waals surface area (Å²) in [5, 5.41) is -0.740. The number of carbonyl (C=O) groups is 2. The number of nitrogens with zero attached hydrogens (tertiary/aromatic N) is 1. The number of hydrogen-bond donors (Lipinski definition) is 1. The van der Waals surface area contributed by atoms with Crippen LogP contribution in [0.2, 0.25) is 0 Å². The summed E-state index contributed by atoms with van der Waals surface area (Å²) in [5.41, 5.74) is 5.91. The summed E-state index contributed by atoms with van der Waals surface area (Å²) >= 11 is 5.47. The van der Waals surface area contributed by atoms with Gasteiger partial charge in [0.05, 0.1) is 5.56 Å². The van der Waals surface area contributed by atoms with Crippen molar-refractivity contribution in [1.82, 2.24) is 4.98 Å². The molecule has 1 unspecified atom stereocenters. The monoisotopic (exact) mass is 264 g/mol. The van der Waals surface area contributed by atoms with E-state index in [0.29, 0.717) is 6.42 Å². The minimum absolute atomic E-state index is 0.00667. The van der Waals surface area contributed by atoms with Gasteiger partial charge in [-0.05, 0) is 36.9 Å². The molecular formula is C13H13ClN2O2. The van der Waals surface area contributed by atoms with Gasteiger partial charge in [-0.3, -0.25) is 9.59 Å². The summed E-state index contributed by atoms with van der Waals surface area (Å²) in [6.45, 7) is 0. The average Bonchev–Trinajstić information content (AvgIpc) is 2.38. The molecule has 1 aromatic rings. The first kappa shape index (κ1) is 12.8. The van der Waals surface area contributed by atoms with Crippen LogP contribution in [0.25, 0.3) is 0 Å². The summed E-state index contributed by atoms with van der Waals surface area (Å²) in [4.78, 5) is 27.5. The highest BCUT2D eigenvalue weighted by molar-refractivity contribution is 6.68. The third-order valence-electron chi connectivity index (χ3n) is 3.08. The number of nitrogens with two attached hydrogens (primary N) is 1. The summed E-state index contributed by atoms with van der Waals surface area (Å²) in [6.07, 6.45) is 7.81. The van der Waals surface area contributed by atoms with Gasteiger partial charge in [-0.1, -0.05) is 12.2 Å². The van der Waals surface area contributed by atoms with Gasteiger partial charge in [0.25, 0.3) is 5.24 Å². The molecule has 94 valence electrons. The van der Waals surface area contributed by atoms with E-state index in [0.717, 1.165) is 12.8 Å². The number of hydrogen-bond acceptors (Lipinski definition) is 4. The Bertz CT molecular complexity index is 526. The summed E-state index contributed by atoms with van der Waals surface area (Å²) in [5.74, 6) is -0.184. The molecule has 1 atom stereocenters. The molecule has 0 radical (unpaired) electrons. The van der Waals surface area contributed by atoms with Crippen molar-refractivity contribution >= 4 is 28.4 Å². The second-order valence-corrected chi connectivity index (χ2v) is 4.58. The number of aromatic nitrogens is 1. The lowest BCUT2D eigenvalue weighted by Crippen LogP contribution is -2.19. The van der Waals surface area contributed by atoms with Gasteiger partial charge >= 0.3 is 0 Å². The lowest BCUT2D eigenvalue weighted by atomic mass is 9.86. The van der Waals surface area contributed by atoms with Gasteiger partial charge < -0.3 is 5.73 Å². The third-order valence-corrected chi connectivity index (χ3v) is 3.27. The van der Waals surface area contributed by atoms with Crippen molar-refractivity contribution in [3.05, 3.63) is 35.5 Å². The molecule has 18 heavy (non-hydrogen) atoms. The maximum Gasteiger partial charge on any atom is 0.256 e.